The predicted molar refractivity (Wildman–Crippen MR) is 123 cm³/mol. The standard InChI is InChI=1S/C26H29N3O4/c1-28-15-18-5-3-2-4-17(18)12-21(28)25(31)29-10-8-26(9-11-29)14-20(26)24(30)27-19-6-7-22-23(13-19)33-16-32-22/h2-7,13,20-21H,8-12,14-16H2,1H3,(H,27,30)/t20-,21-/m0/s1. The Labute approximate surface area is 193 Å². The van der Waals surface area contributed by atoms with Crippen LogP contribution in [0.3, 0.4) is 0 Å². The van der Waals surface area contributed by atoms with Gasteiger partial charge in [-0.2, -0.15) is 0 Å². The first kappa shape index (κ1) is 20.5. The topological polar surface area (TPSA) is 71.1 Å². The molecule has 0 unspecified atom stereocenters. The van der Waals surface area contributed by atoms with E-state index in [1.807, 2.05) is 30.1 Å². The lowest BCUT2D eigenvalue weighted by Gasteiger charge is -2.39. The van der Waals surface area contributed by atoms with Crippen LogP contribution >= 0.6 is 0 Å². The summed E-state index contributed by atoms with van der Waals surface area (Å²) in [6.07, 6.45) is 3.46. The number of rotatable bonds is 3. The summed E-state index contributed by atoms with van der Waals surface area (Å²) in [5, 5.41) is 3.04. The van der Waals surface area contributed by atoms with Gasteiger partial charge in [-0.1, -0.05) is 24.3 Å². The quantitative estimate of drug-likeness (QED) is 0.783. The fourth-order valence-electron chi connectivity index (χ4n) is 5.79. The van der Waals surface area contributed by atoms with Crippen LogP contribution in [0.1, 0.15) is 30.4 Å². The van der Waals surface area contributed by atoms with E-state index in [1.54, 1.807) is 0 Å². The predicted octanol–water partition coefficient (Wildman–Crippen LogP) is 3.04. The fraction of sp³-hybridized carbons (Fsp3) is 0.462. The number of carbonyl (C=O) groups excluding carboxylic acids is 2. The van der Waals surface area contributed by atoms with E-state index in [-0.39, 0.29) is 36.0 Å². The molecule has 1 aliphatic carbocycles. The molecule has 0 aromatic heterocycles. The molecule has 172 valence electrons. The molecule has 2 amide bonds. The van der Waals surface area contributed by atoms with Crippen molar-refractivity contribution in [3.05, 3.63) is 53.6 Å². The highest BCUT2D eigenvalue weighted by Gasteiger charge is 2.59. The molecule has 2 fully saturated rings. The van der Waals surface area contributed by atoms with Crippen molar-refractivity contribution >= 4 is 17.5 Å². The number of carbonyl (C=O) groups is 2. The Morgan fingerprint density at radius 2 is 1.79 bits per heavy atom. The first-order valence-electron chi connectivity index (χ1n) is 11.8. The Morgan fingerprint density at radius 3 is 2.61 bits per heavy atom. The van der Waals surface area contributed by atoms with Crippen LogP contribution in [0, 0.1) is 11.3 Å². The van der Waals surface area contributed by atoms with E-state index in [9.17, 15) is 9.59 Å². The van der Waals surface area contributed by atoms with Gasteiger partial charge < -0.3 is 19.7 Å². The molecule has 1 N–H and O–H groups in total. The van der Waals surface area contributed by atoms with Crippen molar-refractivity contribution in [3.63, 3.8) is 0 Å². The normalized spacial score (nSPS) is 24.9. The summed E-state index contributed by atoms with van der Waals surface area (Å²) < 4.78 is 10.7. The zero-order chi connectivity index (χ0) is 22.6. The number of hydrogen-bond acceptors (Lipinski definition) is 5. The summed E-state index contributed by atoms with van der Waals surface area (Å²) >= 11 is 0. The number of amides is 2. The maximum absolute atomic E-state index is 13.3. The molecule has 3 aliphatic heterocycles. The Bertz CT molecular complexity index is 1110. The van der Waals surface area contributed by atoms with E-state index in [0.29, 0.717) is 11.5 Å². The van der Waals surface area contributed by atoms with E-state index in [2.05, 4.69) is 34.5 Å². The number of nitrogens with one attached hydrogen (secondary N) is 1. The minimum Gasteiger partial charge on any atom is -0.454 e. The SMILES string of the molecule is CN1Cc2ccccc2C[C@H]1C(=O)N1CCC2(CC1)C[C@H]2C(=O)Nc1ccc2c(c1)OCO2. The van der Waals surface area contributed by atoms with Crippen LogP contribution in [0.4, 0.5) is 5.69 Å². The number of hydrogen-bond donors (Lipinski definition) is 1. The van der Waals surface area contributed by atoms with Gasteiger partial charge in [-0.3, -0.25) is 14.5 Å². The Kier molecular flexibility index (Phi) is 4.83. The molecule has 4 aliphatic rings. The molecule has 7 heteroatoms. The van der Waals surface area contributed by atoms with Gasteiger partial charge in [-0.15, -0.1) is 0 Å². The van der Waals surface area contributed by atoms with Crippen molar-refractivity contribution in [2.24, 2.45) is 11.3 Å². The van der Waals surface area contributed by atoms with Gasteiger partial charge in [0, 0.05) is 37.3 Å². The summed E-state index contributed by atoms with van der Waals surface area (Å²) in [6, 6.07) is 13.8. The molecule has 2 aromatic rings. The molecule has 2 aromatic carbocycles. The van der Waals surface area contributed by atoms with Crippen LogP contribution in [-0.4, -0.2) is 54.6 Å². The molecule has 1 saturated heterocycles. The van der Waals surface area contributed by atoms with E-state index in [4.69, 9.17) is 9.47 Å². The average Bonchev–Trinajstić information content (AvgIpc) is 3.31. The number of nitrogens with zero attached hydrogens (tertiary/aromatic N) is 2. The molecular formula is C26H29N3O4. The van der Waals surface area contributed by atoms with E-state index < -0.39 is 0 Å². The minimum atomic E-state index is -0.0988. The number of ether oxygens (including phenoxy) is 2. The molecule has 33 heavy (non-hydrogen) atoms. The van der Waals surface area contributed by atoms with Gasteiger partial charge >= 0.3 is 0 Å². The number of likely N-dealkylation sites (N-methyl/N-ethyl adjacent to an activating group) is 1. The van der Waals surface area contributed by atoms with Crippen molar-refractivity contribution < 1.29 is 19.1 Å². The molecule has 3 heterocycles. The first-order chi connectivity index (χ1) is 16.0. The van der Waals surface area contributed by atoms with Crippen molar-refractivity contribution in [1.29, 1.82) is 0 Å². The average molecular weight is 448 g/mol. The summed E-state index contributed by atoms with van der Waals surface area (Å²) in [4.78, 5) is 30.4. The first-order valence-corrected chi connectivity index (χ1v) is 11.8. The van der Waals surface area contributed by atoms with Gasteiger partial charge in [0.1, 0.15) is 0 Å². The third-order valence-electron chi connectivity index (χ3n) is 7.99. The van der Waals surface area contributed by atoms with Gasteiger partial charge in [-0.05, 0) is 61.4 Å². The molecule has 0 bridgehead atoms. The molecular weight excluding hydrogens is 418 g/mol. The number of piperidine rings is 1. The Morgan fingerprint density at radius 1 is 1.03 bits per heavy atom. The third-order valence-corrected chi connectivity index (χ3v) is 7.99. The monoisotopic (exact) mass is 447 g/mol. The lowest BCUT2D eigenvalue weighted by atomic mass is 9.89. The second-order valence-corrected chi connectivity index (χ2v) is 9.91. The Balaban J connectivity index is 1.05. The second kappa shape index (κ2) is 7.76. The number of benzene rings is 2. The highest BCUT2D eigenvalue weighted by molar-refractivity contribution is 5.95. The van der Waals surface area contributed by atoms with E-state index >= 15 is 0 Å². The van der Waals surface area contributed by atoms with Crippen LogP contribution in [-0.2, 0) is 22.6 Å². The minimum absolute atomic E-state index is 0.0180. The molecule has 6 rings (SSSR count). The van der Waals surface area contributed by atoms with Crippen LogP contribution in [0.2, 0.25) is 0 Å². The van der Waals surface area contributed by atoms with Crippen LogP contribution in [0.15, 0.2) is 42.5 Å². The molecule has 2 atom stereocenters. The van der Waals surface area contributed by atoms with Gasteiger partial charge in [0.25, 0.3) is 0 Å². The molecule has 1 saturated carbocycles. The number of likely N-dealkylation sites (tertiary alicyclic amines) is 1. The molecule has 7 nitrogen and oxygen atoms in total. The van der Waals surface area contributed by atoms with Gasteiger partial charge in [0.2, 0.25) is 18.6 Å². The molecule has 1 spiro atoms. The van der Waals surface area contributed by atoms with Crippen molar-refractivity contribution in [2.45, 2.75) is 38.3 Å². The summed E-state index contributed by atoms with van der Waals surface area (Å²) in [5.41, 5.74) is 3.38. The zero-order valence-corrected chi connectivity index (χ0v) is 18.9. The maximum atomic E-state index is 13.3. The molecule has 0 radical (unpaired) electrons. The highest BCUT2D eigenvalue weighted by Crippen LogP contribution is 2.59. The van der Waals surface area contributed by atoms with E-state index in [1.165, 1.54) is 11.1 Å². The van der Waals surface area contributed by atoms with Crippen LogP contribution in [0.5, 0.6) is 11.5 Å². The van der Waals surface area contributed by atoms with Crippen molar-refractivity contribution in [2.75, 3.05) is 32.2 Å². The lowest BCUT2D eigenvalue weighted by molar-refractivity contribution is -0.138. The zero-order valence-electron chi connectivity index (χ0n) is 18.9. The fourth-order valence-corrected chi connectivity index (χ4v) is 5.79. The van der Waals surface area contributed by atoms with Gasteiger partial charge in [0.05, 0.1) is 6.04 Å². The van der Waals surface area contributed by atoms with Gasteiger partial charge in [0.15, 0.2) is 11.5 Å². The summed E-state index contributed by atoms with van der Waals surface area (Å²) in [5.74, 6) is 1.69. The van der Waals surface area contributed by atoms with Crippen LogP contribution < -0.4 is 14.8 Å². The number of anilines is 1. The van der Waals surface area contributed by atoms with Crippen LogP contribution in [0.25, 0.3) is 0 Å². The van der Waals surface area contributed by atoms with Gasteiger partial charge in [-0.25, -0.2) is 0 Å². The summed E-state index contributed by atoms with van der Waals surface area (Å²) in [6.45, 7) is 2.50. The lowest BCUT2D eigenvalue weighted by Crippen LogP contribution is -2.52. The Hall–Kier alpha value is -3.06. The second-order valence-electron chi connectivity index (χ2n) is 9.91. The smallest absolute Gasteiger partial charge is 0.240 e. The summed E-state index contributed by atoms with van der Waals surface area (Å²) in [7, 11) is 2.04. The van der Waals surface area contributed by atoms with E-state index in [0.717, 1.165) is 51.0 Å². The van der Waals surface area contributed by atoms with Crippen molar-refractivity contribution in [1.82, 2.24) is 9.80 Å². The maximum Gasteiger partial charge on any atom is 0.240 e. The highest BCUT2D eigenvalue weighted by atomic mass is 16.7. The largest absolute Gasteiger partial charge is 0.454 e. The number of fused-ring (bicyclic) bond motifs is 2. The van der Waals surface area contributed by atoms with Crippen molar-refractivity contribution in [3.8, 4) is 11.5 Å². The third kappa shape index (κ3) is 3.64.